The SMILES string of the molecule is CCOc1ccc(/C=C/C(=O)N(CC)C(c2ccccc2)c2ccccc2)cc1OC. The molecule has 0 spiro atoms. The first kappa shape index (κ1) is 22.2. The van der Waals surface area contributed by atoms with Crippen LogP contribution in [0, 0.1) is 0 Å². The molecule has 0 N–H and O–H groups in total. The number of amides is 1. The second-order valence-electron chi connectivity index (χ2n) is 7.02. The van der Waals surface area contributed by atoms with Crippen molar-refractivity contribution in [3.05, 3.63) is 102 Å². The van der Waals surface area contributed by atoms with Crippen molar-refractivity contribution in [2.75, 3.05) is 20.3 Å². The Balaban J connectivity index is 1.88. The molecule has 0 heterocycles. The van der Waals surface area contributed by atoms with Gasteiger partial charge in [0.2, 0.25) is 5.91 Å². The van der Waals surface area contributed by atoms with E-state index in [-0.39, 0.29) is 11.9 Å². The Morgan fingerprint density at radius 3 is 2.03 bits per heavy atom. The Bertz CT molecular complexity index is 960. The minimum Gasteiger partial charge on any atom is -0.493 e. The Hall–Kier alpha value is -3.53. The van der Waals surface area contributed by atoms with Crippen molar-refractivity contribution in [1.29, 1.82) is 0 Å². The summed E-state index contributed by atoms with van der Waals surface area (Å²) in [5.41, 5.74) is 3.04. The molecule has 3 rings (SSSR count). The molecule has 4 nitrogen and oxygen atoms in total. The van der Waals surface area contributed by atoms with E-state index in [2.05, 4.69) is 24.3 Å². The van der Waals surface area contributed by atoms with Crippen molar-refractivity contribution >= 4 is 12.0 Å². The lowest BCUT2D eigenvalue weighted by Gasteiger charge is -2.31. The van der Waals surface area contributed by atoms with Crippen molar-refractivity contribution in [3.8, 4) is 11.5 Å². The smallest absolute Gasteiger partial charge is 0.247 e. The molecule has 31 heavy (non-hydrogen) atoms. The van der Waals surface area contributed by atoms with E-state index >= 15 is 0 Å². The fourth-order valence-corrected chi connectivity index (χ4v) is 3.61. The first-order chi connectivity index (χ1) is 15.2. The van der Waals surface area contributed by atoms with E-state index in [4.69, 9.17) is 9.47 Å². The number of hydrogen-bond acceptors (Lipinski definition) is 3. The van der Waals surface area contributed by atoms with E-state index in [1.807, 2.05) is 79.4 Å². The zero-order chi connectivity index (χ0) is 22.1. The Morgan fingerprint density at radius 2 is 1.52 bits per heavy atom. The highest BCUT2D eigenvalue weighted by molar-refractivity contribution is 5.92. The number of carbonyl (C=O) groups excluding carboxylic acids is 1. The summed E-state index contributed by atoms with van der Waals surface area (Å²) in [4.78, 5) is 15.1. The summed E-state index contributed by atoms with van der Waals surface area (Å²) in [6.07, 6.45) is 3.44. The highest BCUT2D eigenvalue weighted by atomic mass is 16.5. The molecule has 3 aromatic carbocycles. The van der Waals surface area contributed by atoms with Crippen LogP contribution in [0.2, 0.25) is 0 Å². The molecule has 0 fully saturated rings. The van der Waals surface area contributed by atoms with E-state index in [1.165, 1.54) is 0 Å². The van der Waals surface area contributed by atoms with Gasteiger partial charge in [0, 0.05) is 12.6 Å². The van der Waals surface area contributed by atoms with Gasteiger partial charge in [-0.3, -0.25) is 4.79 Å². The standard InChI is InChI=1S/C27H29NO3/c1-4-28(27(22-12-8-6-9-13-22)23-14-10-7-11-15-23)26(29)19-17-21-16-18-24(31-5-2)25(20-21)30-3/h6-20,27H,4-5H2,1-3H3/b19-17+. The minimum atomic E-state index is -0.153. The zero-order valence-electron chi connectivity index (χ0n) is 18.3. The molecule has 0 saturated carbocycles. The van der Waals surface area contributed by atoms with Crippen LogP contribution in [-0.4, -0.2) is 31.1 Å². The molecule has 0 aliphatic heterocycles. The van der Waals surface area contributed by atoms with Crippen LogP contribution in [-0.2, 0) is 4.79 Å². The number of likely N-dealkylation sites (N-methyl/N-ethyl adjacent to an activating group) is 1. The van der Waals surface area contributed by atoms with Gasteiger partial charge in [0.05, 0.1) is 19.8 Å². The molecule has 0 aliphatic carbocycles. The van der Waals surface area contributed by atoms with Crippen LogP contribution in [0.3, 0.4) is 0 Å². The molecule has 0 bridgehead atoms. The Labute approximate surface area is 184 Å². The molecule has 0 radical (unpaired) electrons. The van der Waals surface area contributed by atoms with Gasteiger partial charge in [0.25, 0.3) is 0 Å². The van der Waals surface area contributed by atoms with E-state index in [9.17, 15) is 4.79 Å². The number of ether oxygens (including phenoxy) is 2. The number of nitrogens with zero attached hydrogens (tertiary/aromatic N) is 1. The van der Waals surface area contributed by atoms with Crippen molar-refractivity contribution in [1.82, 2.24) is 4.90 Å². The fraction of sp³-hybridized carbons (Fsp3) is 0.222. The number of carbonyl (C=O) groups is 1. The van der Waals surface area contributed by atoms with Crippen LogP contribution in [0.25, 0.3) is 6.08 Å². The molecular weight excluding hydrogens is 386 g/mol. The summed E-state index contributed by atoms with van der Waals surface area (Å²) >= 11 is 0. The lowest BCUT2D eigenvalue weighted by atomic mass is 9.97. The maximum Gasteiger partial charge on any atom is 0.247 e. The van der Waals surface area contributed by atoms with Gasteiger partial charge in [0.15, 0.2) is 11.5 Å². The fourth-order valence-electron chi connectivity index (χ4n) is 3.61. The normalized spacial score (nSPS) is 11.0. The number of rotatable bonds is 9. The van der Waals surface area contributed by atoms with Crippen LogP contribution in [0.15, 0.2) is 84.9 Å². The molecular formula is C27H29NO3. The van der Waals surface area contributed by atoms with Crippen molar-refractivity contribution < 1.29 is 14.3 Å². The molecule has 3 aromatic rings. The van der Waals surface area contributed by atoms with E-state index in [0.29, 0.717) is 24.7 Å². The predicted molar refractivity (Wildman–Crippen MR) is 125 cm³/mol. The van der Waals surface area contributed by atoms with Crippen LogP contribution >= 0.6 is 0 Å². The summed E-state index contributed by atoms with van der Waals surface area (Å²) in [5, 5.41) is 0. The lowest BCUT2D eigenvalue weighted by Crippen LogP contribution is -2.34. The van der Waals surface area contributed by atoms with Crippen LogP contribution in [0.1, 0.15) is 36.6 Å². The van der Waals surface area contributed by atoms with Crippen LogP contribution in [0.5, 0.6) is 11.5 Å². The predicted octanol–water partition coefficient (Wildman–Crippen LogP) is 5.75. The molecule has 0 saturated heterocycles. The van der Waals surface area contributed by atoms with Gasteiger partial charge < -0.3 is 14.4 Å². The summed E-state index contributed by atoms with van der Waals surface area (Å²) < 4.78 is 11.0. The largest absolute Gasteiger partial charge is 0.493 e. The van der Waals surface area contributed by atoms with Crippen LogP contribution < -0.4 is 9.47 Å². The molecule has 0 unspecified atom stereocenters. The van der Waals surface area contributed by atoms with Crippen LogP contribution in [0.4, 0.5) is 0 Å². The average Bonchev–Trinajstić information content (AvgIpc) is 2.82. The third-order valence-electron chi connectivity index (χ3n) is 5.07. The summed E-state index contributed by atoms with van der Waals surface area (Å²) in [5.74, 6) is 1.29. The number of methoxy groups -OCH3 is 1. The zero-order valence-corrected chi connectivity index (χ0v) is 18.3. The molecule has 0 aromatic heterocycles. The third-order valence-corrected chi connectivity index (χ3v) is 5.07. The first-order valence-electron chi connectivity index (χ1n) is 10.6. The molecule has 160 valence electrons. The number of benzene rings is 3. The topological polar surface area (TPSA) is 38.8 Å². The van der Waals surface area contributed by atoms with Crippen molar-refractivity contribution in [2.45, 2.75) is 19.9 Å². The van der Waals surface area contributed by atoms with Gasteiger partial charge in [-0.25, -0.2) is 0 Å². The second kappa shape index (κ2) is 11.0. The molecule has 0 aliphatic rings. The summed E-state index contributed by atoms with van der Waals surface area (Å²) in [6.45, 7) is 5.09. The van der Waals surface area contributed by atoms with E-state index in [0.717, 1.165) is 16.7 Å². The maximum absolute atomic E-state index is 13.2. The van der Waals surface area contributed by atoms with Gasteiger partial charge in [-0.1, -0.05) is 66.7 Å². The Morgan fingerprint density at radius 1 is 0.903 bits per heavy atom. The highest BCUT2D eigenvalue weighted by Crippen LogP contribution is 2.30. The average molecular weight is 416 g/mol. The van der Waals surface area contributed by atoms with Gasteiger partial charge in [-0.15, -0.1) is 0 Å². The van der Waals surface area contributed by atoms with E-state index < -0.39 is 0 Å². The maximum atomic E-state index is 13.2. The third kappa shape index (κ3) is 5.54. The van der Waals surface area contributed by atoms with Crippen molar-refractivity contribution in [2.24, 2.45) is 0 Å². The molecule has 4 heteroatoms. The summed E-state index contributed by atoms with van der Waals surface area (Å²) in [7, 11) is 1.61. The number of hydrogen-bond donors (Lipinski definition) is 0. The molecule has 1 amide bonds. The molecule has 0 atom stereocenters. The van der Waals surface area contributed by atoms with Gasteiger partial charge in [-0.05, 0) is 48.7 Å². The van der Waals surface area contributed by atoms with Gasteiger partial charge >= 0.3 is 0 Å². The summed E-state index contributed by atoms with van der Waals surface area (Å²) in [6, 6.07) is 25.8. The first-order valence-corrected chi connectivity index (χ1v) is 10.6. The van der Waals surface area contributed by atoms with Gasteiger partial charge in [-0.2, -0.15) is 0 Å². The minimum absolute atomic E-state index is 0.0481. The lowest BCUT2D eigenvalue weighted by molar-refractivity contribution is -0.127. The van der Waals surface area contributed by atoms with E-state index in [1.54, 1.807) is 13.2 Å². The van der Waals surface area contributed by atoms with Crippen molar-refractivity contribution in [3.63, 3.8) is 0 Å². The quantitative estimate of drug-likeness (QED) is 0.418. The highest BCUT2D eigenvalue weighted by Gasteiger charge is 2.24. The second-order valence-corrected chi connectivity index (χ2v) is 7.02. The monoisotopic (exact) mass is 415 g/mol. The van der Waals surface area contributed by atoms with Gasteiger partial charge in [0.1, 0.15) is 0 Å². The Kier molecular flexibility index (Phi) is 7.88.